The monoisotopic (exact) mass is 446 g/mol. The van der Waals surface area contributed by atoms with Gasteiger partial charge in [-0.3, -0.25) is 29.5 Å². The fourth-order valence-electron chi connectivity index (χ4n) is 5.11. The number of Topliss-reactive ketones (excluding diaryl/α,β-unsaturated/α-hetero) is 1. The minimum absolute atomic E-state index is 0.134. The van der Waals surface area contributed by atoms with Crippen LogP contribution in [0.15, 0.2) is 53.6 Å². The Balaban J connectivity index is 1.66. The number of carbonyl (C=O) groups is 3. The van der Waals surface area contributed by atoms with Gasteiger partial charge in [-0.05, 0) is 17.2 Å². The van der Waals surface area contributed by atoms with Crippen molar-refractivity contribution < 1.29 is 19.3 Å². The highest BCUT2D eigenvalue weighted by Gasteiger charge is 2.66. The summed E-state index contributed by atoms with van der Waals surface area (Å²) in [5.41, 5.74) is 0.805. The molecule has 0 spiro atoms. The quantitative estimate of drug-likeness (QED) is 0.407. The van der Waals surface area contributed by atoms with Crippen molar-refractivity contribution in [1.82, 2.24) is 5.01 Å². The first-order valence-corrected chi connectivity index (χ1v) is 10.7. The fraction of sp³-hybridized carbons (Fsp3) is 0.333. The van der Waals surface area contributed by atoms with E-state index in [2.05, 4.69) is 5.10 Å². The molecule has 2 aromatic rings. The molecule has 168 valence electrons. The molecule has 0 aromatic heterocycles. The number of nitro groups is 1. The number of carbonyl (C=O) groups excluding carboxylic acids is 3. The SMILES string of the molecule is CC(C)(C)C(=O)[C@@H]1[C@H]2C(=O)N(c3cccc([N+](=O)[O-])c3)C(=O)[C@@H]2[C@H]2c3ccccc3C=NN12. The number of benzene rings is 2. The van der Waals surface area contributed by atoms with Crippen molar-refractivity contribution in [3.05, 3.63) is 69.8 Å². The molecule has 2 fully saturated rings. The molecule has 0 saturated carbocycles. The summed E-state index contributed by atoms with van der Waals surface area (Å²) in [7, 11) is 0. The normalized spacial score (nSPS) is 25.7. The number of hydrogen-bond donors (Lipinski definition) is 0. The van der Waals surface area contributed by atoms with Crippen LogP contribution in [0.1, 0.15) is 37.9 Å². The number of nitro benzene ring substituents is 1. The largest absolute Gasteiger partial charge is 0.297 e. The Morgan fingerprint density at radius 1 is 1.03 bits per heavy atom. The van der Waals surface area contributed by atoms with E-state index in [0.29, 0.717) is 0 Å². The molecule has 0 radical (unpaired) electrons. The van der Waals surface area contributed by atoms with Gasteiger partial charge >= 0.3 is 0 Å². The van der Waals surface area contributed by atoms with Crippen LogP contribution in [0.25, 0.3) is 0 Å². The first-order chi connectivity index (χ1) is 15.6. The number of non-ortho nitro benzene ring substituents is 1. The average molecular weight is 446 g/mol. The third kappa shape index (κ3) is 2.99. The van der Waals surface area contributed by atoms with Crippen LogP contribution in [0.2, 0.25) is 0 Å². The third-order valence-electron chi connectivity index (χ3n) is 6.60. The maximum absolute atomic E-state index is 13.7. The van der Waals surface area contributed by atoms with Gasteiger partial charge in [-0.1, -0.05) is 51.1 Å². The summed E-state index contributed by atoms with van der Waals surface area (Å²) >= 11 is 0. The van der Waals surface area contributed by atoms with Crippen molar-refractivity contribution in [1.29, 1.82) is 0 Å². The van der Waals surface area contributed by atoms with Crippen molar-refractivity contribution in [2.75, 3.05) is 4.90 Å². The zero-order chi connectivity index (χ0) is 23.7. The molecule has 0 N–H and O–H groups in total. The Bertz CT molecular complexity index is 1250. The number of nitrogens with zero attached hydrogens (tertiary/aromatic N) is 4. The predicted octanol–water partition coefficient (Wildman–Crippen LogP) is 3.09. The second kappa shape index (κ2) is 7.06. The number of ketones is 1. The zero-order valence-corrected chi connectivity index (χ0v) is 18.3. The van der Waals surface area contributed by atoms with Gasteiger partial charge in [0.25, 0.3) is 5.69 Å². The van der Waals surface area contributed by atoms with Crippen LogP contribution in [-0.2, 0) is 14.4 Å². The summed E-state index contributed by atoms with van der Waals surface area (Å²) in [6, 6.07) is 11.4. The Hall–Kier alpha value is -3.88. The van der Waals surface area contributed by atoms with Crippen LogP contribution in [0.4, 0.5) is 11.4 Å². The second-order valence-electron chi connectivity index (χ2n) is 9.60. The van der Waals surface area contributed by atoms with E-state index in [4.69, 9.17) is 0 Å². The molecular formula is C24H22N4O5. The number of hydrogen-bond acceptors (Lipinski definition) is 7. The van der Waals surface area contributed by atoms with Gasteiger partial charge in [0.05, 0.1) is 34.7 Å². The van der Waals surface area contributed by atoms with E-state index in [1.807, 2.05) is 24.3 Å². The van der Waals surface area contributed by atoms with Crippen LogP contribution in [-0.4, -0.2) is 39.8 Å². The lowest BCUT2D eigenvalue weighted by Gasteiger charge is -2.35. The van der Waals surface area contributed by atoms with E-state index in [-0.39, 0.29) is 17.2 Å². The topological polar surface area (TPSA) is 113 Å². The number of hydrazone groups is 1. The van der Waals surface area contributed by atoms with Crippen LogP contribution >= 0.6 is 0 Å². The van der Waals surface area contributed by atoms with Crippen LogP contribution in [0, 0.1) is 27.4 Å². The van der Waals surface area contributed by atoms with E-state index in [0.717, 1.165) is 16.0 Å². The highest BCUT2D eigenvalue weighted by molar-refractivity contribution is 6.24. The molecule has 4 atom stereocenters. The Morgan fingerprint density at radius 2 is 1.73 bits per heavy atom. The van der Waals surface area contributed by atoms with Crippen molar-refractivity contribution in [2.24, 2.45) is 22.4 Å². The molecule has 3 aliphatic rings. The van der Waals surface area contributed by atoms with Crippen LogP contribution < -0.4 is 4.90 Å². The lowest BCUT2D eigenvalue weighted by atomic mass is 9.79. The van der Waals surface area contributed by atoms with Gasteiger partial charge in [0.15, 0.2) is 5.78 Å². The molecule has 0 bridgehead atoms. The van der Waals surface area contributed by atoms with E-state index in [9.17, 15) is 24.5 Å². The maximum Gasteiger partial charge on any atom is 0.271 e. The minimum atomic E-state index is -0.934. The van der Waals surface area contributed by atoms with E-state index < -0.39 is 46.1 Å². The average Bonchev–Trinajstić information content (AvgIpc) is 3.25. The summed E-state index contributed by atoms with van der Waals surface area (Å²) in [5, 5.41) is 17.4. The van der Waals surface area contributed by atoms with Crippen molar-refractivity contribution in [2.45, 2.75) is 32.9 Å². The molecule has 3 heterocycles. The van der Waals surface area contributed by atoms with Crippen LogP contribution in [0.3, 0.4) is 0 Å². The lowest BCUT2D eigenvalue weighted by Crippen LogP contribution is -2.48. The van der Waals surface area contributed by atoms with Crippen LogP contribution in [0.5, 0.6) is 0 Å². The molecule has 9 nitrogen and oxygen atoms in total. The molecule has 0 aliphatic carbocycles. The summed E-state index contributed by atoms with van der Waals surface area (Å²) in [4.78, 5) is 52.6. The Kier molecular flexibility index (Phi) is 4.49. The molecule has 2 aromatic carbocycles. The van der Waals surface area contributed by atoms with E-state index in [1.54, 1.807) is 32.0 Å². The van der Waals surface area contributed by atoms with Gasteiger partial charge in [-0.15, -0.1) is 0 Å². The van der Waals surface area contributed by atoms with Gasteiger partial charge < -0.3 is 0 Å². The van der Waals surface area contributed by atoms with Gasteiger partial charge in [0, 0.05) is 17.5 Å². The first-order valence-electron chi connectivity index (χ1n) is 10.7. The smallest absolute Gasteiger partial charge is 0.271 e. The second-order valence-corrected chi connectivity index (χ2v) is 9.60. The number of anilines is 1. The first kappa shape index (κ1) is 21.0. The molecule has 9 heteroatoms. The minimum Gasteiger partial charge on any atom is -0.297 e. The van der Waals surface area contributed by atoms with Crippen molar-refractivity contribution in [3.63, 3.8) is 0 Å². The molecule has 0 unspecified atom stereocenters. The van der Waals surface area contributed by atoms with Gasteiger partial charge in [0.1, 0.15) is 6.04 Å². The van der Waals surface area contributed by atoms with Gasteiger partial charge in [-0.25, -0.2) is 4.90 Å². The number of rotatable bonds is 3. The van der Waals surface area contributed by atoms with E-state index >= 15 is 0 Å². The van der Waals surface area contributed by atoms with Gasteiger partial charge in [-0.2, -0.15) is 5.10 Å². The molecule has 33 heavy (non-hydrogen) atoms. The highest BCUT2D eigenvalue weighted by Crippen LogP contribution is 2.53. The number of fused-ring (bicyclic) bond motifs is 5. The molecule has 2 amide bonds. The fourth-order valence-corrected chi connectivity index (χ4v) is 5.11. The Labute approximate surface area is 189 Å². The molecule has 2 saturated heterocycles. The Morgan fingerprint density at radius 3 is 2.42 bits per heavy atom. The van der Waals surface area contributed by atoms with Gasteiger partial charge in [0.2, 0.25) is 11.8 Å². The lowest BCUT2D eigenvalue weighted by molar-refractivity contribution is -0.384. The summed E-state index contributed by atoms with van der Waals surface area (Å²) in [6.07, 6.45) is 1.66. The highest BCUT2D eigenvalue weighted by atomic mass is 16.6. The van der Waals surface area contributed by atoms with Crippen molar-refractivity contribution >= 4 is 35.2 Å². The summed E-state index contributed by atoms with van der Waals surface area (Å²) < 4.78 is 0. The third-order valence-corrected chi connectivity index (χ3v) is 6.60. The predicted molar refractivity (Wildman–Crippen MR) is 119 cm³/mol. The maximum atomic E-state index is 13.7. The summed E-state index contributed by atoms with van der Waals surface area (Å²) in [6.45, 7) is 5.33. The zero-order valence-electron chi connectivity index (χ0n) is 18.3. The standard InChI is InChI=1S/C24H22N4O5/c1-24(2,3)21(29)20-18-17(19-16-10-5-4-7-13(16)12-25-27(19)20)22(30)26(23(18)31)14-8-6-9-15(11-14)28(32)33/h4-12,17-20H,1-3H3/t17-,18-,19+,20-/m0/s1. The molecular weight excluding hydrogens is 424 g/mol. The summed E-state index contributed by atoms with van der Waals surface area (Å²) in [5.74, 6) is -2.95. The van der Waals surface area contributed by atoms with E-state index in [1.165, 1.54) is 24.3 Å². The van der Waals surface area contributed by atoms with Crippen molar-refractivity contribution in [3.8, 4) is 0 Å². The molecule has 3 aliphatic heterocycles. The number of imide groups is 1. The number of amides is 2. The molecule has 5 rings (SSSR count).